The van der Waals surface area contributed by atoms with Crippen LogP contribution in [0.4, 0.5) is 0 Å². The van der Waals surface area contributed by atoms with Crippen LogP contribution in [0.3, 0.4) is 0 Å². The van der Waals surface area contributed by atoms with Gasteiger partial charge in [0, 0.05) is 19.7 Å². The first kappa shape index (κ1) is 15.9. The summed E-state index contributed by atoms with van der Waals surface area (Å²) in [5.41, 5.74) is 2.03. The Bertz CT molecular complexity index is 617. The highest BCUT2D eigenvalue weighted by Crippen LogP contribution is 2.20. The van der Waals surface area contributed by atoms with E-state index in [-0.39, 0.29) is 13.0 Å². The van der Waals surface area contributed by atoms with Crippen molar-refractivity contribution < 1.29 is 23.4 Å². The van der Waals surface area contributed by atoms with Gasteiger partial charge in [0.05, 0.1) is 0 Å². The Labute approximate surface area is 123 Å². The molecule has 0 unspecified atom stereocenters. The van der Waals surface area contributed by atoms with Crippen LogP contribution in [0.5, 0.6) is 0 Å². The predicted molar refractivity (Wildman–Crippen MR) is 75.7 cm³/mol. The molecule has 7 nitrogen and oxygen atoms in total. The van der Waals surface area contributed by atoms with Gasteiger partial charge in [-0.25, -0.2) is 0 Å². The van der Waals surface area contributed by atoms with Crippen molar-refractivity contribution in [2.45, 2.75) is 25.4 Å². The summed E-state index contributed by atoms with van der Waals surface area (Å²) in [4.78, 5) is 11.0. The monoisotopic (exact) mass is 314 g/mol. The molecule has 1 aromatic carbocycles. The largest absolute Gasteiger partial charge is 0.480 e. The lowest BCUT2D eigenvalue weighted by molar-refractivity contribution is -0.139. The quantitative estimate of drug-likeness (QED) is 0.669. The number of aliphatic carboxylic acids is 1. The second-order valence-corrected chi connectivity index (χ2v) is 6.58. The first-order valence-corrected chi connectivity index (χ1v) is 8.06. The molecule has 3 N–H and O–H groups in total. The Morgan fingerprint density at radius 1 is 1.33 bits per heavy atom. The molecule has 1 atom stereocenters. The van der Waals surface area contributed by atoms with Gasteiger partial charge >= 0.3 is 5.97 Å². The van der Waals surface area contributed by atoms with Crippen LogP contribution in [0.2, 0.25) is 0 Å². The maximum atomic E-state index is 12.3. The fourth-order valence-corrected chi connectivity index (χ4v) is 3.66. The van der Waals surface area contributed by atoms with Crippen molar-refractivity contribution in [2.75, 3.05) is 13.2 Å². The normalized spacial score (nSPS) is 17.2. The molecule has 0 aliphatic carbocycles. The molecular formula is C13H18N2O5S. The number of nitrogens with zero attached hydrogens (tertiary/aromatic N) is 1. The zero-order chi connectivity index (χ0) is 15.5. The maximum absolute atomic E-state index is 12.3. The molecule has 0 fully saturated rings. The van der Waals surface area contributed by atoms with Gasteiger partial charge in [-0.15, -0.1) is 0 Å². The number of nitrogens with one attached hydrogen (secondary N) is 1. The van der Waals surface area contributed by atoms with Crippen LogP contribution in [0.15, 0.2) is 24.3 Å². The van der Waals surface area contributed by atoms with E-state index in [2.05, 4.69) is 4.72 Å². The molecule has 0 bridgehead atoms. The van der Waals surface area contributed by atoms with Gasteiger partial charge in [0.25, 0.3) is 10.2 Å². The van der Waals surface area contributed by atoms with Crippen molar-refractivity contribution >= 4 is 16.2 Å². The molecular weight excluding hydrogens is 296 g/mol. The van der Waals surface area contributed by atoms with E-state index in [1.807, 2.05) is 24.3 Å². The van der Waals surface area contributed by atoms with Gasteiger partial charge in [0.15, 0.2) is 0 Å². The van der Waals surface area contributed by atoms with Crippen LogP contribution in [0, 0.1) is 0 Å². The third-order valence-corrected chi connectivity index (χ3v) is 5.02. The van der Waals surface area contributed by atoms with Crippen molar-refractivity contribution in [3.05, 3.63) is 35.4 Å². The van der Waals surface area contributed by atoms with Crippen LogP contribution >= 0.6 is 0 Å². The number of hydrogen-bond donors (Lipinski definition) is 3. The van der Waals surface area contributed by atoms with Gasteiger partial charge in [0.1, 0.15) is 6.04 Å². The second kappa shape index (κ2) is 6.52. The molecule has 21 heavy (non-hydrogen) atoms. The SMILES string of the molecule is O=C(O)[C@@H](CCO)NS(=O)(=O)N1CCc2ccccc2C1. The molecule has 1 heterocycles. The molecule has 2 rings (SSSR count). The third kappa shape index (κ3) is 3.79. The molecule has 0 amide bonds. The average Bonchev–Trinajstić information content (AvgIpc) is 2.46. The summed E-state index contributed by atoms with van der Waals surface area (Å²) < 4.78 is 27.9. The van der Waals surface area contributed by atoms with Crippen LogP contribution < -0.4 is 4.72 Å². The first-order valence-electron chi connectivity index (χ1n) is 6.62. The van der Waals surface area contributed by atoms with E-state index in [9.17, 15) is 13.2 Å². The van der Waals surface area contributed by atoms with Crippen LogP contribution in [-0.4, -0.2) is 48.1 Å². The van der Waals surface area contributed by atoms with Crippen molar-refractivity contribution in [3.8, 4) is 0 Å². The fraction of sp³-hybridized carbons (Fsp3) is 0.462. The summed E-state index contributed by atoms with van der Waals surface area (Å²) in [6.07, 6.45) is 0.424. The van der Waals surface area contributed by atoms with Gasteiger partial charge in [0.2, 0.25) is 0 Å². The van der Waals surface area contributed by atoms with E-state index >= 15 is 0 Å². The van der Waals surface area contributed by atoms with Crippen LogP contribution in [-0.2, 0) is 28.0 Å². The topological polar surface area (TPSA) is 107 Å². The Hall–Kier alpha value is -1.48. The number of hydrogen-bond acceptors (Lipinski definition) is 4. The van der Waals surface area contributed by atoms with Crippen LogP contribution in [0.1, 0.15) is 17.5 Å². The molecule has 1 aliphatic heterocycles. The van der Waals surface area contributed by atoms with Gasteiger partial charge in [-0.2, -0.15) is 17.4 Å². The molecule has 1 aromatic rings. The van der Waals surface area contributed by atoms with E-state index in [1.54, 1.807) is 0 Å². The second-order valence-electron chi connectivity index (χ2n) is 4.88. The Balaban J connectivity index is 2.12. The van der Waals surface area contributed by atoms with Crippen molar-refractivity contribution in [1.29, 1.82) is 0 Å². The highest BCUT2D eigenvalue weighted by atomic mass is 32.2. The fourth-order valence-electron chi connectivity index (χ4n) is 2.29. The number of aliphatic hydroxyl groups excluding tert-OH is 1. The number of carbonyl (C=O) groups is 1. The molecule has 0 saturated heterocycles. The molecule has 0 aromatic heterocycles. The average molecular weight is 314 g/mol. The smallest absolute Gasteiger partial charge is 0.321 e. The maximum Gasteiger partial charge on any atom is 0.321 e. The first-order chi connectivity index (χ1) is 9.94. The summed E-state index contributed by atoms with van der Waals surface area (Å²) in [5.74, 6) is -1.30. The summed E-state index contributed by atoms with van der Waals surface area (Å²) >= 11 is 0. The van der Waals surface area contributed by atoms with Gasteiger partial charge in [-0.3, -0.25) is 4.79 Å². The van der Waals surface area contributed by atoms with Gasteiger partial charge < -0.3 is 10.2 Å². The van der Waals surface area contributed by atoms with Gasteiger partial charge in [-0.1, -0.05) is 24.3 Å². The van der Waals surface area contributed by atoms with E-state index < -0.39 is 28.8 Å². The van der Waals surface area contributed by atoms with E-state index in [0.717, 1.165) is 11.1 Å². The highest BCUT2D eigenvalue weighted by molar-refractivity contribution is 7.87. The summed E-state index contributed by atoms with van der Waals surface area (Å²) in [7, 11) is -3.90. The number of rotatable bonds is 6. The van der Waals surface area contributed by atoms with Crippen LogP contribution in [0.25, 0.3) is 0 Å². The number of fused-ring (bicyclic) bond motifs is 1. The van der Waals surface area contributed by atoms with E-state index in [1.165, 1.54) is 4.31 Å². The Morgan fingerprint density at radius 3 is 2.62 bits per heavy atom. The number of benzene rings is 1. The molecule has 0 spiro atoms. The minimum absolute atomic E-state index is 0.168. The number of aliphatic hydroxyl groups is 1. The molecule has 0 saturated carbocycles. The molecule has 0 radical (unpaired) electrons. The number of carboxylic acid groups (broad SMARTS) is 1. The lowest BCUT2D eigenvalue weighted by Gasteiger charge is -2.29. The third-order valence-electron chi connectivity index (χ3n) is 3.44. The molecule has 1 aliphatic rings. The van der Waals surface area contributed by atoms with Crippen molar-refractivity contribution in [3.63, 3.8) is 0 Å². The Morgan fingerprint density at radius 2 is 2.00 bits per heavy atom. The summed E-state index contributed by atoms with van der Waals surface area (Å²) in [6, 6.07) is 6.24. The molecule has 116 valence electrons. The van der Waals surface area contributed by atoms with E-state index in [0.29, 0.717) is 13.0 Å². The minimum Gasteiger partial charge on any atom is -0.480 e. The lowest BCUT2D eigenvalue weighted by Crippen LogP contribution is -2.49. The standard InChI is InChI=1S/C13H18N2O5S/c16-8-6-12(13(17)18)14-21(19,20)15-7-5-10-3-1-2-4-11(10)9-15/h1-4,12,14,16H,5-9H2,(H,17,18)/t12-/m1/s1. The minimum atomic E-state index is -3.90. The van der Waals surface area contributed by atoms with Crippen molar-refractivity contribution in [1.82, 2.24) is 9.03 Å². The highest BCUT2D eigenvalue weighted by Gasteiger charge is 2.30. The molecule has 8 heteroatoms. The Kier molecular flexibility index (Phi) is 4.94. The number of carboxylic acids is 1. The zero-order valence-corrected chi connectivity index (χ0v) is 12.2. The predicted octanol–water partition coefficient (Wildman–Crippen LogP) is -0.285. The van der Waals surface area contributed by atoms with Gasteiger partial charge in [-0.05, 0) is 24.0 Å². The summed E-state index contributed by atoms with van der Waals surface area (Å²) in [6.45, 7) is 0.122. The summed E-state index contributed by atoms with van der Waals surface area (Å²) in [5, 5.41) is 17.8. The zero-order valence-electron chi connectivity index (χ0n) is 11.4. The lowest BCUT2D eigenvalue weighted by atomic mass is 10.0. The van der Waals surface area contributed by atoms with Crippen molar-refractivity contribution in [2.24, 2.45) is 0 Å². The van der Waals surface area contributed by atoms with E-state index in [4.69, 9.17) is 10.2 Å².